The number of likely N-dealkylation sites (tertiary alicyclic amines) is 1. The van der Waals surface area contributed by atoms with Crippen molar-refractivity contribution in [3.63, 3.8) is 0 Å². The van der Waals surface area contributed by atoms with Crippen LogP contribution in [0.1, 0.15) is 51.9 Å². The number of benzene rings is 1. The van der Waals surface area contributed by atoms with Gasteiger partial charge in [-0.1, -0.05) is 23.3 Å². The molecule has 3 aliphatic rings. The summed E-state index contributed by atoms with van der Waals surface area (Å²) in [7, 11) is -4.32. The molecule has 0 bridgehead atoms. The smallest absolute Gasteiger partial charge is 0.416 e. The second-order valence-electron chi connectivity index (χ2n) is 9.68. The Bertz CT molecular complexity index is 1190. The molecule has 1 atom stereocenters. The summed E-state index contributed by atoms with van der Waals surface area (Å²) < 4.78 is 71.3. The predicted octanol–water partition coefficient (Wildman–Crippen LogP) is 4.83. The van der Waals surface area contributed by atoms with Crippen LogP contribution in [0.2, 0.25) is 5.02 Å². The van der Waals surface area contributed by atoms with Gasteiger partial charge < -0.3 is 20.3 Å². The molecule has 1 unspecified atom stereocenters. The van der Waals surface area contributed by atoms with Crippen LogP contribution in [0.4, 0.5) is 23.7 Å². The van der Waals surface area contributed by atoms with Crippen molar-refractivity contribution < 1.29 is 35.9 Å². The van der Waals surface area contributed by atoms with Crippen molar-refractivity contribution in [2.24, 2.45) is 0 Å². The standard InChI is InChI=1S/C24H29ClF3N3O5S/c1-14-4-2-5-18(14)29-23(33)30-19-11-10-17(25)21(20(19)36-22(32)24(26,27)28)37(34,35)16-8-6-15(7-9-16)31-12-3-13-31/h4,10-11,15-16,18H,2-3,5-9,12-13H2,1H3,(H2,29,30,33). The maximum absolute atomic E-state index is 13.7. The third-order valence-electron chi connectivity index (χ3n) is 7.29. The average Bonchev–Trinajstić information content (AvgIpc) is 3.18. The van der Waals surface area contributed by atoms with Gasteiger partial charge in [0.15, 0.2) is 15.6 Å². The zero-order valence-electron chi connectivity index (χ0n) is 20.2. The summed E-state index contributed by atoms with van der Waals surface area (Å²) in [5.74, 6) is -3.56. The molecule has 1 aliphatic heterocycles. The molecule has 1 aromatic carbocycles. The summed E-state index contributed by atoms with van der Waals surface area (Å²) in [6.07, 6.45) is 0.877. The molecule has 1 heterocycles. The Hall–Kier alpha value is -2.31. The first-order valence-electron chi connectivity index (χ1n) is 12.2. The van der Waals surface area contributed by atoms with Crippen LogP contribution in [0.25, 0.3) is 0 Å². The van der Waals surface area contributed by atoms with Crippen LogP contribution in [-0.4, -0.2) is 61.9 Å². The second-order valence-corrected chi connectivity index (χ2v) is 12.3. The Morgan fingerprint density at radius 2 is 1.78 bits per heavy atom. The van der Waals surface area contributed by atoms with Gasteiger partial charge in [-0.2, -0.15) is 13.2 Å². The van der Waals surface area contributed by atoms with Crippen molar-refractivity contribution in [2.45, 2.75) is 80.3 Å². The average molecular weight is 564 g/mol. The summed E-state index contributed by atoms with van der Waals surface area (Å²) in [6, 6.07) is 1.46. The van der Waals surface area contributed by atoms with Gasteiger partial charge >= 0.3 is 18.2 Å². The first-order chi connectivity index (χ1) is 17.4. The molecule has 8 nitrogen and oxygen atoms in total. The number of ether oxygens (including phenoxy) is 1. The summed E-state index contributed by atoms with van der Waals surface area (Å²) in [6.45, 7) is 3.77. The summed E-state index contributed by atoms with van der Waals surface area (Å²) >= 11 is 6.21. The van der Waals surface area contributed by atoms with E-state index in [0.717, 1.165) is 43.6 Å². The Labute approximate surface area is 218 Å². The highest BCUT2D eigenvalue weighted by molar-refractivity contribution is 7.92. The molecule has 2 N–H and O–H groups in total. The number of nitrogens with zero attached hydrogens (tertiary/aromatic N) is 1. The van der Waals surface area contributed by atoms with Crippen LogP contribution in [0.3, 0.4) is 0 Å². The molecule has 0 aromatic heterocycles. The summed E-state index contributed by atoms with van der Waals surface area (Å²) in [5.41, 5.74) is 0.513. The van der Waals surface area contributed by atoms with E-state index in [1.807, 2.05) is 13.0 Å². The van der Waals surface area contributed by atoms with Crippen molar-refractivity contribution in [3.05, 3.63) is 28.8 Å². The number of hydrogen-bond donors (Lipinski definition) is 2. The molecule has 2 amide bonds. The van der Waals surface area contributed by atoms with Crippen LogP contribution < -0.4 is 15.4 Å². The van der Waals surface area contributed by atoms with Gasteiger partial charge in [-0.3, -0.25) is 0 Å². The molecule has 204 valence electrons. The number of urea groups is 1. The first kappa shape index (κ1) is 27.7. The minimum atomic E-state index is -5.40. The molecular weight excluding hydrogens is 535 g/mol. The summed E-state index contributed by atoms with van der Waals surface area (Å²) in [4.78, 5) is 26.0. The fourth-order valence-corrected chi connectivity index (χ4v) is 7.54. The van der Waals surface area contributed by atoms with Crippen molar-refractivity contribution in [3.8, 4) is 5.75 Å². The van der Waals surface area contributed by atoms with Crippen molar-refractivity contribution in [2.75, 3.05) is 18.4 Å². The molecule has 2 aliphatic carbocycles. The zero-order valence-corrected chi connectivity index (χ0v) is 21.8. The number of alkyl halides is 3. The van der Waals surface area contributed by atoms with E-state index in [-0.39, 0.29) is 24.9 Å². The number of sulfone groups is 1. The second kappa shape index (κ2) is 10.8. The van der Waals surface area contributed by atoms with E-state index < -0.39 is 54.6 Å². The molecule has 1 aromatic rings. The Morgan fingerprint density at radius 1 is 1.11 bits per heavy atom. The fourth-order valence-electron chi connectivity index (χ4n) is 5.10. The molecule has 2 fully saturated rings. The molecular formula is C24H29ClF3N3O5S. The number of amides is 2. The van der Waals surface area contributed by atoms with Crippen molar-refractivity contribution >= 4 is 39.1 Å². The lowest BCUT2D eigenvalue weighted by Gasteiger charge is -2.41. The highest BCUT2D eigenvalue weighted by Crippen LogP contribution is 2.43. The monoisotopic (exact) mass is 563 g/mol. The number of hydrogen-bond acceptors (Lipinski definition) is 6. The Morgan fingerprint density at radius 3 is 2.32 bits per heavy atom. The lowest BCUT2D eigenvalue weighted by atomic mass is 9.92. The molecule has 1 saturated heterocycles. The van der Waals surface area contributed by atoms with E-state index in [0.29, 0.717) is 19.3 Å². The highest BCUT2D eigenvalue weighted by Gasteiger charge is 2.44. The third kappa shape index (κ3) is 6.06. The number of esters is 1. The van der Waals surface area contributed by atoms with Gasteiger partial charge in [0.05, 0.1) is 22.0 Å². The maximum Gasteiger partial charge on any atom is 0.491 e. The van der Waals surface area contributed by atoms with E-state index in [1.165, 1.54) is 0 Å². The van der Waals surface area contributed by atoms with E-state index in [1.54, 1.807) is 0 Å². The third-order valence-corrected chi connectivity index (χ3v) is 10.0. The normalized spacial score (nSPS) is 24.7. The van der Waals surface area contributed by atoms with Gasteiger partial charge in [-0.25, -0.2) is 18.0 Å². The summed E-state index contributed by atoms with van der Waals surface area (Å²) in [5, 5.41) is 3.72. The van der Waals surface area contributed by atoms with Gasteiger partial charge in [0.25, 0.3) is 0 Å². The zero-order chi connectivity index (χ0) is 27.0. The Balaban J connectivity index is 1.64. The Kier molecular flexibility index (Phi) is 8.10. The van der Waals surface area contributed by atoms with Gasteiger partial charge in [0.2, 0.25) is 0 Å². The lowest BCUT2D eigenvalue weighted by molar-refractivity contribution is -0.189. The number of rotatable bonds is 6. The number of halogens is 4. The SMILES string of the molecule is CC1=CCCC1NC(=O)Nc1ccc(Cl)c(S(=O)(=O)C2CCC(N3CCC3)CC2)c1OC(=O)C(F)(F)F. The van der Waals surface area contributed by atoms with E-state index in [9.17, 15) is 31.2 Å². The lowest BCUT2D eigenvalue weighted by Crippen LogP contribution is -2.47. The van der Waals surface area contributed by atoms with Gasteiger partial charge in [-0.05, 0) is 77.1 Å². The maximum atomic E-state index is 13.7. The highest BCUT2D eigenvalue weighted by atomic mass is 35.5. The van der Waals surface area contributed by atoms with Crippen molar-refractivity contribution in [1.82, 2.24) is 10.2 Å². The molecule has 0 spiro atoms. The molecule has 37 heavy (non-hydrogen) atoms. The minimum Gasteiger partial charge on any atom is -0.416 e. The molecule has 1 saturated carbocycles. The van der Waals surface area contributed by atoms with Crippen LogP contribution in [0, 0.1) is 0 Å². The van der Waals surface area contributed by atoms with E-state index in [4.69, 9.17) is 11.6 Å². The molecule has 0 radical (unpaired) electrons. The van der Waals surface area contributed by atoms with Gasteiger partial charge in [0, 0.05) is 6.04 Å². The number of carbonyl (C=O) groups excluding carboxylic acids is 2. The van der Waals surface area contributed by atoms with Crippen molar-refractivity contribution in [1.29, 1.82) is 0 Å². The number of allylic oxidation sites excluding steroid dienone is 1. The molecule has 4 rings (SSSR count). The quantitative estimate of drug-likeness (QED) is 0.292. The van der Waals surface area contributed by atoms with Gasteiger partial charge in [-0.15, -0.1) is 0 Å². The number of nitrogens with one attached hydrogen (secondary N) is 2. The van der Waals surface area contributed by atoms with Crippen LogP contribution in [0.15, 0.2) is 28.7 Å². The largest absolute Gasteiger partial charge is 0.491 e. The molecule has 13 heteroatoms. The van der Waals surface area contributed by atoms with Gasteiger partial charge in [0.1, 0.15) is 4.90 Å². The number of anilines is 1. The predicted molar refractivity (Wildman–Crippen MR) is 131 cm³/mol. The van der Waals surface area contributed by atoms with E-state index in [2.05, 4.69) is 20.3 Å². The fraction of sp³-hybridized carbons (Fsp3) is 0.583. The van der Waals surface area contributed by atoms with Crippen LogP contribution in [-0.2, 0) is 14.6 Å². The first-order valence-corrected chi connectivity index (χ1v) is 14.1. The topological polar surface area (TPSA) is 105 Å². The van der Waals surface area contributed by atoms with E-state index >= 15 is 0 Å². The number of carbonyl (C=O) groups is 2. The van der Waals surface area contributed by atoms with Crippen LogP contribution in [0.5, 0.6) is 5.75 Å². The minimum absolute atomic E-state index is 0.267. The van der Waals surface area contributed by atoms with Crippen LogP contribution >= 0.6 is 11.6 Å².